The quantitative estimate of drug-likeness (QED) is 0.725. The van der Waals surface area contributed by atoms with Crippen LogP contribution in [0, 0.1) is 0 Å². The molecular weight excluding hydrogens is 312 g/mol. The van der Waals surface area contributed by atoms with Gasteiger partial charge in [0.15, 0.2) is 0 Å². The largest absolute Gasteiger partial charge is 0.490 e. The third kappa shape index (κ3) is 2.55. The van der Waals surface area contributed by atoms with Gasteiger partial charge < -0.3 is 9.64 Å². The fourth-order valence-electron chi connectivity index (χ4n) is 2.42. The van der Waals surface area contributed by atoms with Crippen molar-refractivity contribution in [3.63, 3.8) is 0 Å². The zero-order valence-corrected chi connectivity index (χ0v) is 12.9. The summed E-state index contributed by atoms with van der Waals surface area (Å²) in [5.41, 5.74) is 1.85. The first-order valence-corrected chi connectivity index (χ1v) is 7.96. The first-order chi connectivity index (χ1) is 11.3. The maximum atomic E-state index is 12.8. The number of hydrogen-bond donors (Lipinski definition) is 0. The smallest absolute Gasteiger partial charge is 0.277 e. The van der Waals surface area contributed by atoms with Crippen LogP contribution < -0.4 is 9.64 Å². The van der Waals surface area contributed by atoms with Crippen molar-refractivity contribution in [1.82, 2.24) is 15.0 Å². The minimum atomic E-state index is -0.132. The van der Waals surface area contributed by atoms with Crippen molar-refractivity contribution in [3.05, 3.63) is 53.9 Å². The molecule has 3 heterocycles. The summed E-state index contributed by atoms with van der Waals surface area (Å²) in [5.74, 6) is 0.587. The molecule has 0 N–H and O–H groups in total. The van der Waals surface area contributed by atoms with Gasteiger partial charge in [-0.15, -0.1) is 11.3 Å². The minimum absolute atomic E-state index is 0.132. The van der Waals surface area contributed by atoms with Gasteiger partial charge in [-0.1, -0.05) is 12.1 Å². The molecule has 0 saturated heterocycles. The third-order valence-electron chi connectivity index (χ3n) is 3.48. The van der Waals surface area contributed by atoms with Crippen LogP contribution >= 0.6 is 11.3 Å². The number of fused-ring (bicyclic) bond motifs is 1. The molecule has 114 valence electrons. The predicted octanol–water partition coefficient (Wildman–Crippen LogP) is 2.64. The molecule has 0 spiro atoms. The molecule has 0 atom stereocenters. The number of rotatable bonds is 2. The highest BCUT2D eigenvalue weighted by atomic mass is 32.1. The number of carbonyl (C=O) groups excluding carboxylic acids is 1. The zero-order valence-electron chi connectivity index (χ0n) is 12.0. The molecule has 6 nitrogen and oxygen atoms in total. The number of hydrogen-bond acceptors (Lipinski definition) is 6. The van der Waals surface area contributed by atoms with Crippen molar-refractivity contribution < 1.29 is 9.53 Å². The van der Waals surface area contributed by atoms with E-state index in [1.165, 1.54) is 11.3 Å². The minimum Gasteiger partial charge on any atom is -0.490 e. The number of carbonyl (C=O) groups is 1. The number of ether oxygens (including phenoxy) is 1. The van der Waals surface area contributed by atoms with Crippen LogP contribution in [0.4, 0.5) is 5.69 Å². The second-order valence-electron chi connectivity index (χ2n) is 4.90. The molecule has 2 aromatic heterocycles. The lowest BCUT2D eigenvalue weighted by Gasteiger charge is -2.28. The van der Waals surface area contributed by atoms with Crippen molar-refractivity contribution in [3.8, 4) is 16.5 Å². The number of benzene rings is 1. The highest BCUT2D eigenvalue weighted by molar-refractivity contribution is 7.13. The van der Waals surface area contributed by atoms with Crippen LogP contribution in [0.5, 0.6) is 5.75 Å². The highest BCUT2D eigenvalue weighted by Gasteiger charge is 2.26. The Labute approximate surface area is 136 Å². The van der Waals surface area contributed by atoms with Crippen molar-refractivity contribution in [2.45, 2.75) is 0 Å². The second-order valence-corrected chi connectivity index (χ2v) is 5.76. The Hall–Kier alpha value is -2.80. The molecule has 0 bridgehead atoms. The fourth-order valence-corrected chi connectivity index (χ4v) is 3.17. The topological polar surface area (TPSA) is 68.2 Å². The molecule has 3 aromatic rings. The molecule has 1 aliphatic heterocycles. The van der Waals surface area contributed by atoms with Gasteiger partial charge in [-0.05, 0) is 12.1 Å². The Morgan fingerprint density at radius 2 is 2.17 bits per heavy atom. The Kier molecular flexibility index (Phi) is 3.47. The van der Waals surface area contributed by atoms with Gasteiger partial charge in [0.1, 0.15) is 28.8 Å². The summed E-state index contributed by atoms with van der Waals surface area (Å²) in [6.07, 6.45) is 4.85. The van der Waals surface area contributed by atoms with Crippen LogP contribution in [-0.2, 0) is 0 Å². The monoisotopic (exact) mass is 324 g/mol. The maximum Gasteiger partial charge on any atom is 0.277 e. The molecule has 1 aliphatic rings. The molecule has 23 heavy (non-hydrogen) atoms. The van der Waals surface area contributed by atoms with E-state index in [1.54, 1.807) is 28.9 Å². The SMILES string of the molecule is O=C(c1csc(-c2cnccn2)n1)N1CCOc2ccccc21. The molecular formula is C16H12N4O2S. The van der Waals surface area contributed by atoms with Crippen LogP contribution in [0.2, 0.25) is 0 Å². The molecule has 0 saturated carbocycles. The van der Waals surface area contributed by atoms with Crippen molar-refractivity contribution >= 4 is 22.9 Å². The van der Waals surface area contributed by atoms with Gasteiger partial charge >= 0.3 is 0 Å². The summed E-state index contributed by atoms with van der Waals surface area (Å²) in [4.78, 5) is 27.1. The maximum absolute atomic E-state index is 12.8. The van der Waals surface area contributed by atoms with E-state index in [-0.39, 0.29) is 5.91 Å². The van der Waals surface area contributed by atoms with Gasteiger partial charge in [0.2, 0.25) is 0 Å². The summed E-state index contributed by atoms with van der Waals surface area (Å²) in [6.45, 7) is 0.984. The number of para-hydroxylation sites is 2. The summed E-state index contributed by atoms with van der Waals surface area (Å²) < 4.78 is 5.58. The molecule has 1 amide bonds. The molecule has 4 rings (SSSR count). The number of amides is 1. The van der Waals surface area contributed by atoms with Crippen LogP contribution in [0.25, 0.3) is 10.7 Å². The average molecular weight is 324 g/mol. The van der Waals surface area contributed by atoms with E-state index in [9.17, 15) is 4.79 Å². The van der Waals surface area contributed by atoms with E-state index in [0.29, 0.717) is 29.5 Å². The van der Waals surface area contributed by atoms with E-state index >= 15 is 0 Å². The van der Waals surface area contributed by atoms with Crippen LogP contribution in [-0.4, -0.2) is 34.0 Å². The lowest BCUT2D eigenvalue weighted by Crippen LogP contribution is -2.38. The Morgan fingerprint density at radius 1 is 1.26 bits per heavy atom. The molecule has 0 unspecified atom stereocenters. The standard InChI is InChI=1S/C16H12N4O2S/c21-16(20-7-8-22-14-4-2-1-3-13(14)20)12-10-23-15(19-12)11-9-17-5-6-18-11/h1-6,9-10H,7-8H2. The third-order valence-corrected chi connectivity index (χ3v) is 4.34. The first-order valence-electron chi connectivity index (χ1n) is 7.08. The molecule has 1 aromatic carbocycles. The van der Waals surface area contributed by atoms with Gasteiger partial charge in [-0.3, -0.25) is 14.8 Å². The van der Waals surface area contributed by atoms with Crippen molar-refractivity contribution in [1.29, 1.82) is 0 Å². The molecule has 0 fully saturated rings. The van der Waals surface area contributed by atoms with Gasteiger partial charge in [0, 0.05) is 17.8 Å². The Balaban J connectivity index is 1.65. The van der Waals surface area contributed by atoms with Crippen molar-refractivity contribution in [2.75, 3.05) is 18.1 Å². The summed E-state index contributed by atoms with van der Waals surface area (Å²) in [6, 6.07) is 7.52. The van der Waals surface area contributed by atoms with Crippen molar-refractivity contribution in [2.24, 2.45) is 0 Å². The lowest BCUT2D eigenvalue weighted by molar-refractivity contribution is 0.0972. The Morgan fingerprint density at radius 3 is 3.04 bits per heavy atom. The van der Waals surface area contributed by atoms with E-state index in [0.717, 1.165) is 11.4 Å². The number of thiazole rings is 1. The average Bonchev–Trinajstić information content (AvgIpc) is 3.11. The first kappa shape index (κ1) is 13.8. The van der Waals surface area contributed by atoms with E-state index < -0.39 is 0 Å². The highest BCUT2D eigenvalue weighted by Crippen LogP contribution is 2.32. The zero-order chi connectivity index (χ0) is 15.6. The number of nitrogens with zero attached hydrogens (tertiary/aromatic N) is 4. The van der Waals surface area contributed by atoms with Gasteiger partial charge in [-0.2, -0.15) is 0 Å². The predicted molar refractivity (Wildman–Crippen MR) is 86.8 cm³/mol. The lowest BCUT2D eigenvalue weighted by atomic mass is 10.2. The molecule has 0 aliphatic carbocycles. The fraction of sp³-hybridized carbons (Fsp3) is 0.125. The van der Waals surface area contributed by atoms with E-state index in [4.69, 9.17) is 4.74 Å². The summed E-state index contributed by atoms with van der Waals surface area (Å²) >= 11 is 1.38. The van der Waals surface area contributed by atoms with Gasteiger partial charge in [0.05, 0.1) is 18.4 Å². The normalized spacial score (nSPS) is 13.3. The number of anilines is 1. The van der Waals surface area contributed by atoms with E-state index in [1.807, 2.05) is 24.3 Å². The summed E-state index contributed by atoms with van der Waals surface area (Å²) in [7, 11) is 0. The second kappa shape index (κ2) is 5.77. The summed E-state index contributed by atoms with van der Waals surface area (Å²) in [5, 5.41) is 2.44. The van der Waals surface area contributed by atoms with Crippen LogP contribution in [0.1, 0.15) is 10.5 Å². The van der Waals surface area contributed by atoms with Crippen LogP contribution in [0.3, 0.4) is 0 Å². The number of aromatic nitrogens is 3. The van der Waals surface area contributed by atoms with Gasteiger partial charge in [-0.25, -0.2) is 4.98 Å². The van der Waals surface area contributed by atoms with E-state index in [2.05, 4.69) is 15.0 Å². The Bertz CT molecular complexity index is 850. The molecule has 7 heteroatoms. The van der Waals surface area contributed by atoms with Gasteiger partial charge in [0.25, 0.3) is 5.91 Å². The van der Waals surface area contributed by atoms with Crippen LogP contribution in [0.15, 0.2) is 48.2 Å². The molecule has 0 radical (unpaired) electrons.